The average Bonchev–Trinajstić information content (AvgIpc) is 2.72. The first-order chi connectivity index (χ1) is 7.63. The van der Waals surface area contributed by atoms with Crippen molar-refractivity contribution < 1.29 is 4.42 Å². The van der Waals surface area contributed by atoms with Crippen molar-refractivity contribution in [3.63, 3.8) is 0 Å². The van der Waals surface area contributed by atoms with Gasteiger partial charge in [0, 0.05) is 0 Å². The van der Waals surface area contributed by atoms with E-state index in [2.05, 4.69) is 18.8 Å². The number of nitrogens with zero attached hydrogens (tertiary/aromatic N) is 1. The van der Waals surface area contributed by atoms with Gasteiger partial charge in [-0.05, 0) is 24.5 Å². The number of nitrogens with two attached hydrogens (primary N) is 1. The summed E-state index contributed by atoms with van der Waals surface area (Å²) in [7, 11) is 0. The molecule has 16 heavy (non-hydrogen) atoms. The van der Waals surface area contributed by atoms with Crippen LogP contribution in [0.1, 0.15) is 37.8 Å². The number of para-hydroxylation sites is 1. The van der Waals surface area contributed by atoms with Crippen LogP contribution in [0.5, 0.6) is 0 Å². The summed E-state index contributed by atoms with van der Waals surface area (Å²) < 4.78 is 5.75. The largest absolute Gasteiger partial charge is 0.439 e. The Bertz CT molecular complexity index is 490. The van der Waals surface area contributed by atoms with Crippen molar-refractivity contribution >= 4 is 11.1 Å². The fourth-order valence-electron chi connectivity index (χ4n) is 1.74. The summed E-state index contributed by atoms with van der Waals surface area (Å²) in [5, 5.41) is 0. The van der Waals surface area contributed by atoms with Crippen LogP contribution < -0.4 is 5.73 Å². The van der Waals surface area contributed by atoms with E-state index in [1.807, 2.05) is 25.1 Å². The van der Waals surface area contributed by atoms with E-state index < -0.39 is 0 Å². The summed E-state index contributed by atoms with van der Waals surface area (Å²) in [6.45, 7) is 6.26. The van der Waals surface area contributed by atoms with Crippen LogP contribution in [-0.4, -0.2) is 4.98 Å². The molecule has 2 rings (SSSR count). The highest BCUT2D eigenvalue weighted by Gasteiger charge is 2.19. The van der Waals surface area contributed by atoms with Crippen LogP contribution in [0.3, 0.4) is 0 Å². The summed E-state index contributed by atoms with van der Waals surface area (Å²) in [6, 6.07) is 5.85. The Kier molecular flexibility index (Phi) is 2.97. The Morgan fingerprint density at radius 1 is 1.44 bits per heavy atom. The van der Waals surface area contributed by atoms with Crippen LogP contribution in [0.4, 0.5) is 0 Å². The molecule has 86 valence electrons. The van der Waals surface area contributed by atoms with Gasteiger partial charge < -0.3 is 10.2 Å². The van der Waals surface area contributed by atoms with E-state index in [9.17, 15) is 0 Å². The van der Waals surface area contributed by atoms with Gasteiger partial charge in [0.2, 0.25) is 5.89 Å². The molecule has 0 aliphatic carbocycles. The van der Waals surface area contributed by atoms with Crippen LogP contribution in [0, 0.1) is 12.8 Å². The molecular weight excluding hydrogens is 200 g/mol. The van der Waals surface area contributed by atoms with E-state index >= 15 is 0 Å². The van der Waals surface area contributed by atoms with Gasteiger partial charge in [-0.1, -0.05) is 32.4 Å². The van der Waals surface area contributed by atoms with Gasteiger partial charge in [-0.3, -0.25) is 0 Å². The predicted octanol–water partition coefficient (Wildman–Crippen LogP) is 3.18. The molecule has 3 heteroatoms. The minimum absolute atomic E-state index is 0.114. The van der Waals surface area contributed by atoms with Crippen molar-refractivity contribution in [1.29, 1.82) is 0 Å². The number of aromatic nitrogens is 1. The van der Waals surface area contributed by atoms with Gasteiger partial charge in [-0.2, -0.15) is 0 Å². The second-order valence-corrected chi connectivity index (χ2v) is 4.39. The molecular formula is C13H18N2O. The topological polar surface area (TPSA) is 52.0 Å². The van der Waals surface area contributed by atoms with Gasteiger partial charge in [0.15, 0.2) is 5.58 Å². The Morgan fingerprint density at radius 3 is 2.81 bits per heavy atom. The summed E-state index contributed by atoms with van der Waals surface area (Å²) in [5.41, 5.74) is 8.97. The monoisotopic (exact) mass is 218 g/mol. The molecule has 2 N–H and O–H groups in total. The van der Waals surface area contributed by atoms with E-state index in [1.165, 1.54) is 0 Å². The molecule has 0 aliphatic heterocycles. The molecule has 0 fully saturated rings. The Hall–Kier alpha value is -1.35. The van der Waals surface area contributed by atoms with E-state index in [-0.39, 0.29) is 6.04 Å². The molecule has 1 aromatic heterocycles. The number of benzene rings is 1. The summed E-state index contributed by atoms with van der Waals surface area (Å²) in [5.74, 6) is 1.03. The SMILES string of the molecule is CCC(C)C(N)c1nc2cccc(C)c2o1. The lowest BCUT2D eigenvalue weighted by Gasteiger charge is -2.13. The average molecular weight is 218 g/mol. The summed E-state index contributed by atoms with van der Waals surface area (Å²) in [6.07, 6.45) is 1.03. The van der Waals surface area contributed by atoms with E-state index in [0.29, 0.717) is 11.8 Å². The van der Waals surface area contributed by atoms with Crippen molar-refractivity contribution in [3.05, 3.63) is 29.7 Å². The molecule has 0 amide bonds. The molecule has 0 bridgehead atoms. The minimum Gasteiger partial charge on any atom is -0.439 e. The molecule has 0 saturated heterocycles. The van der Waals surface area contributed by atoms with Crippen LogP contribution in [0.25, 0.3) is 11.1 Å². The number of fused-ring (bicyclic) bond motifs is 1. The van der Waals surface area contributed by atoms with Crippen molar-refractivity contribution in [2.75, 3.05) is 0 Å². The fourth-order valence-corrected chi connectivity index (χ4v) is 1.74. The van der Waals surface area contributed by atoms with Crippen LogP contribution in [0.15, 0.2) is 22.6 Å². The smallest absolute Gasteiger partial charge is 0.212 e. The van der Waals surface area contributed by atoms with Gasteiger partial charge in [0.25, 0.3) is 0 Å². The van der Waals surface area contributed by atoms with Crippen LogP contribution in [0.2, 0.25) is 0 Å². The van der Waals surface area contributed by atoms with Gasteiger partial charge in [0.05, 0.1) is 6.04 Å². The predicted molar refractivity (Wildman–Crippen MR) is 65.1 cm³/mol. The number of oxazole rings is 1. The highest BCUT2D eigenvalue weighted by atomic mass is 16.3. The maximum Gasteiger partial charge on any atom is 0.212 e. The number of rotatable bonds is 3. The Balaban J connectivity index is 2.43. The summed E-state index contributed by atoms with van der Waals surface area (Å²) >= 11 is 0. The van der Waals surface area contributed by atoms with Gasteiger partial charge in [-0.25, -0.2) is 4.98 Å². The Morgan fingerprint density at radius 2 is 2.19 bits per heavy atom. The molecule has 2 unspecified atom stereocenters. The zero-order valence-electron chi connectivity index (χ0n) is 10.0. The van der Waals surface area contributed by atoms with E-state index in [1.54, 1.807) is 0 Å². The third-order valence-corrected chi connectivity index (χ3v) is 3.17. The number of hydrogen-bond donors (Lipinski definition) is 1. The first kappa shape index (κ1) is 11.1. The molecule has 3 nitrogen and oxygen atoms in total. The van der Waals surface area contributed by atoms with E-state index in [0.717, 1.165) is 23.1 Å². The highest BCUT2D eigenvalue weighted by molar-refractivity contribution is 5.76. The molecule has 1 heterocycles. The lowest BCUT2D eigenvalue weighted by Crippen LogP contribution is -2.18. The molecule has 0 radical (unpaired) electrons. The van der Waals surface area contributed by atoms with E-state index in [4.69, 9.17) is 10.2 Å². The molecule has 0 saturated carbocycles. The zero-order valence-corrected chi connectivity index (χ0v) is 10.0. The molecule has 0 aliphatic rings. The first-order valence-electron chi connectivity index (χ1n) is 5.75. The maximum absolute atomic E-state index is 6.11. The van der Waals surface area contributed by atoms with Crippen LogP contribution in [-0.2, 0) is 0 Å². The zero-order chi connectivity index (χ0) is 11.7. The van der Waals surface area contributed by atoms with Crippen molar-refractivity contribution in [1.82, 2.24) is 4.98 Å². The summed E-state index contributed by atoms with van der Waals surface area (Å²) in [4.78, 5) is 4.45. The number of aryl methyl sites for hydroxylation is 1. The van der Waals surface area contributed by atoms with Crippen LogP contribution >= 0.6 is 0 Å². The molecule has 0 spiro atoms. The fraction of sp³-hybridized carbons (Fsp3) is 0.462. The third kappa shape index (κ3) is 1.83. The van der Waals surface area contributed by atoms with Crippen molar-refractivity contribution in [2.45, 2.75) is 33.2 Å². The first-order valence-corrected chi connectivity index (χ1v) is 5.75. The lowest BCUT2D eigenvalue weighted by atomic mass is 10.0. The van der Waals surface area contributed by atoms with Crippen molar-refractivity contribution in [2.24, 2.45) is 11.7 Å². The molecule has 1 aromatic carbocycles. The second-order valence-electron chi connectivity index (χ2n) is 4.39. The second kappa shape index (κ2) is 4.26. The van der Waals surface area contributed by atoms with Gasteiger partial charge >= 0.3 is 0 Å². The third-order valence-electron chi connectivity index (χ3n) is 3.17. The minimum atomic E-state index is -0.114. The standard InChI is InChI=1S/C13H18N2O/c1-4-8(2)11(14)13-15-10-7-5-6-9(3)12(10)16-13/h5-8,11H,4,14H2,1-3H3. The number of hydrogen-bond acceptors (Lipinski definition) is 3. The Labute approximate surface area is 95.7 Å². The molecule has 2 aromatic rings. The normalized spacial score (nSPS) is 15.2. The maximum atomic E-state index is 6.11. The molecule has 2 atom stereocenters. The quantitative estimate of drug-likeness (QED) is 0.860. The highest BCUT2D eigenvalue weighted by Crippen LogP contribution is 2.26. The van der Waals surface area contributed by atoms with Crippen molar-refractivity contribution in [3.8, 4) is 0 Å². The van der Waals surface area contributed by atoms with Gasteiger partial charge in [0.1, 0.15) is 5.52 Å². The van der Waals surface area contributed by atoms with Gasteiger partial charge in [-0.15, -0.1) is 0 Å². The lowest BCUT2D eigenvalue weighted by molar-refractivity contribution is 0.375.